The van der Waals surface area contributed by atoms with Gasteiger partial charge < -0.3 is 5.11 Å². The third-order valence-corrected chi connectivity index (χ3v) is 3.22. The van der Waals surface area contributed by atoms with Gasteiger partial charge in [0.25, 0.3) is 0 Å². The van der Waals surface area contributed by atoms with E-state index in [1.165, 1.54) is 11.3 Å². The number of carbonyl (C=O) groups is 1. The van der Waals surface area contributed by atoms with Crippen molar-refractivity contribution in [3.8, 4) is 0 Å². The number of hydrogen-bond acceptors (Lipinski definition) is 3. The number of nitrogens with zero attached hydrogens (tertiary/aromatic N) is 2. The monoisotopic (exact) mass is 224 g/mol. The van der Waals surface area contributed by atoms with Crippen LogP contribution < -0.4 is 0 Å². The van der Waals surface area contributed by atoms with E-state index < -0.39 is 5.97 Å². The number of aromatic nitrogens is 2. The molecule has 0 aromatic carbocycles. The van der Waals surface area contributed by atoms with Gasteiger partial charge in [-0.3, -0.25) is 4.40 Å². The van der Waals surface area contributed by atoms with Crippen molar-refractivity contribution in [3.63, 3.8) is 0 Å². The van der Waals surface area contributed by atoms with Crippen LogP contribution in [0.25, 0.3) is 4.96 Å². The summed E-state index contributed by atoms with van der Waals surface area (Å²) in [4.78, 5) is 16.3. The van der Waals surface area contributed by atoms with Crippen LogP contribution >= 0.6 is 11.3 Å². The van der Waals surface area contributed by atoms with Gasteiger partial charge in [-0.05, 0) is 0 Å². The van der Waals surface area contributed by atoms with Gasteiger partial charge in [-0.25, -0.2) is 9.78 Å². The maximum atomic E-state index is 11.1. The summed E-state index contributed by atoms with van der Waals surface area (Å²) in [6.45, 7) is 6.00. The van der Waals surface area contributed by atoms with E-state index in [0.717, 1.165) is 10.7 Å². The van der Waals surface area contributed by atoms with Crippen LogP contribution in [0, 0.1) is 0 Å². The molecular formula is C10H12N2O2S. The quantitative estimate of drug-likeness (QED) is 0.809. The fraction of sp³-hybridized carbons (Fsp3) is 0.400. The molecule has 0 saturated carbocycles. The van der Waals surface area contributed by atoms with Crippen LogP contribution in [0.1, 0.15) is 36.1 Å². The number of carboxylic acid groups (broad SMARTS) is 1. The van der Waals surface area contributed by atoms with E-state index >= 15 is 0 Å². The molecule has 0 bridgehead atoms. The van der Waals surface area contributed by atoms with Gasteiger partial charge in [0.2, 0.25) is 0 Å². The predicted octanol–water partition coefficient (Wildman–Crippen LogP) is 2.39. The number of thiazole rings is 1. The van der Waals surface area contributed by atoms with Crippen molar-refractivity contribution in [2.75, 3.05) is 0 Å². The average molecular weight is 224 g/mol. The first-order valence-corrected chi connectivity index (χ1v) is 5.42. The SMILES string of the molecule is CC(C)(C)c1c(C(=O)O)sc2nccn12. The molecule has 0 amide bonds. The molecule has 4 nitrogen and oxygen atoms in total. The highest BCUT2D eigenvalue weighted by Crippen LogP contribution is 2.32. The van der Waals surface area contributed by atoms with Crippen molar-refractivity contribution >= 4 is 22.3 Å². The molecule has 15 heavy (non-hydrogen) atoms. The number of hydrogen-bond donors (Lipinski definition) is 1. The van der Waals surface area contributed by atoms with Crippen molar-refractivity contribution in [2.45, 2.75) is 26.2 Å². The summed E-state index contributed by atoms with van der Waals surface area (Å²) in [6.07, 6.45) is 3.49. The van der Waals surface area contributed by atoms with E-state index in [4.69, 9.17) is 5.11 Å². The fourth-order valence-corrected chi connectivity index (χ4v) is 2.77. The largest absolute Gasteiger partial charge is 0.477 e. The van der Waals surface area contributed by atoms with Crippen molar-refractivity contribution in [1.29, 1.82) is 0 Å². The Bertz CT molecular complexity index is 519. The van der Waals surface area contributed by atoms with Gasteiger partial charge in [0.15, 0.2) is 4.96 Å². The fourth-order valence-electron chi connectivity index (χ4n) is 1.63. The van der Waals surface area contributed by atoms with Crippen molar-refractivity contribution in [1.82, 2.24) is 9.38 Å². The Morgan fingerprint density at radius 2 is 2.20 bits per heavy atom. The standard InChI is InChI=1S/C10H12N2O2S/c1-10(2,3)7-6(8(13)14)15-9-11-4-5-12(7)9/h4-5H,1-3H3,(H,13,14). The van der Waals surface area contributed by atoms with E-state index in [0.29, 0.717) is 4.88 Å². The first-order valence-electron chi connectivity index (χ1n) is 4.61. The van der Waals surface area contributed by atoms with Gasteiger partial charge in [-0.1, -0.05) is 32.1 Å². The molecule has 0 aliphatic carbocycles. The summed E-state index contributed by atoms with van der Waals surface area (Å²) >= 11 is 1.22. The molecule has 5 heteroatoms. The maximum absolute atomic E-state index is 11.1. The second kappa shape index (κ2) is 3.06. The molecule has 0 unspecified atom stereocenters. The summed E-state index contributed by atoms with van der Waals surface area (Å²) in [7, 11) is 0. The molecule has 0 radical (unpaired) electrons. The van der Waals surface area contributed by atoms with E-state index in [-0.39, 0.29) is 5.41 Å². The lowest BCUT2D eigenvalue weighted by atomic mass is 9.91. The smallest absolute Gasteiger partial charge is 0.347 e. The third-order valence-electron chi connectivity index (χ3n) is 2.16. The molecule has 0 spiro atoms. The van der Waals surface area contributed by atoms with Gasteiger partial charge in [-0.2, -0.15) is 0 Å². The molecular weight excluding hydrogens is 212 g/mol. The molecule has 2 aromatic heterocycles. The average Bonchev–Trinajstić information content (AvgIpc) is 2.56. The minimum Gasteiger partial charge on any atom is -0.477 e. The summed E-state index contributed by atoms with van der Waals surface area (Å²) < 4.78 is 1.86. The molecule has 2 rings (SSSR count). The van der Waals surface area contributed by atoms with Crippen LogP contribution in [0.5, 0.6) is 0 Å². The Balaban J connectivity index is 2.80. The van der Waals surface area contributed by atoms with Crippen molar-refractivity contribution in [2.24, 2.45) is 0 Å². The molecule has 2 heterocycles. The zero-order valence-electron chi connectivity index (χ0n) is 8.81. The van der Waals surface area contributed by atoms with Crippen LogP contribution in [0.3, 0.4) is 0 Å². The van der Waals surface area contributed by atoms with Crippen LogP contribution in [0.4, 0.5) is 0 Å². The van der Waals surface area contributed by atoms with Crippen LogP contribution in [0.15, 0.2) is 12.4 Å². The summed E-state index contributed by atoms with van der Waals surface area (Å²) in [6, 6.07) is 0. The maximum Gasteiger partial charge on any atom is 0.347 e. The second-order valence-electron chi connectivity index (χ2n) is 4.41. The number of aromatic carboxylic acids is 1. The van der Waals surface area contributed by atoms with Crippen LogP contribution in [-0.4, -0.2) is 20.5 Å². The number of imidazole rings is 1. The van der Waals surface area contributed by atoms with Gasteiger partial charge >= 0.3 is 5.97 Å². The lowest BCUT2D eigenvalue weighted by molar-refractivity contribution is 0.0699. The molecule has 1 N–H and O–H groups in total. The Morgan fingerprint density at radius 1 is 1.53 bits per heavy atom. The molecule has 0 atom stereocenters. The second-order valence-corrected chi connectivity index (χ2v) is 5.39. The summed E-state index contributed by atoms with van der Waals surface area (Å²) in [5.74, 6) is -0.879. The highest BCUT2D eigenvalue weighted by atomic mass is 32.1. The lowest BCUT2D eigenvalue weighted by Crippen LogP contribution is -2.17. The molecule has 0 fully saturated rings. The zero-order valence-corrected chi connectivity index (χ0v) is 9.63. The van der Waals surface area contributed by atoms with E-state index in [2.05, 4.69) is 4.98 Å². The highest BCUT2D eigenvalue weighted by molar-refractivity contribution is 7.19. The molecule has 0 saturated heterocycles. The van der Waals surface area contributed by atoms with E-state index in [1.807, 2.05) is 25.2 Å². The number of fused-ring (bicyclic) bond motifs is 1. The van der Waals surface area contributed by atoms with E-state index in [1.54, 1.807) is 12.4 Å². The zero-order chi connectivity index (χ0) is 11.2. The van der Waals surface area contributed by atoms with Gasteiger partial charge in [-0.15, -0.1) is 0 Å². The topological polar surface area (TPSA) is 54.6 Å². The van der Waals surface area contributed by atoms with Crippen LogP contribution in [-0.2, 0) is 5.41 Å². The minimum atomic E-state index is -0.879. The summed E-state index contributed by atoms with van der Waals surface area (Å²) in [5, 5.41) is 9.12. The van der Waals surface area contributed by atoms with E-state index in [9.17, 15) is 4.79 Å². The van der Waals surface area contributed by atoms with Crippen molar-refractivity contribution < 1.29 is 9.90 Å². The Kier molecular flexibility index (Phi) is 2.08. The van der Waals surface area contributed by atoms with Gasteiger partial charge in [0.1, 0.15) is 4.88 Å². The van der Waals surface area contributed by atoms with Crippen molar-refractivity contribution in [3.05, 3.63) is 23.0 Å². The van der Waals surface area contributed by atoms with Gasteiger partial charge in [0.05, 0.1) is 5.69 Å². The normalized spacial score (nSPS) is 12.2. The Hall–Kier alpha value is -1.36. The highest BCUT2D eigenvalue weighted by Gasteiger charge is 2.27. The van der Waals surface area contributed by atoms with Crippen LogP contribution in [0.2, 0.25) is 0 Å². The number of carboxylic acids is 1. The third kappa shape index (κ3) is 1.52. The molecule has 80 valence electrons. The first-order chi connectivity index (χ1) is 6.91. The minimum absolute atomic E-state index is 0.202. The summed E-state index contributed by atoms with van der Waals surface area (Å²) in [5.41, 5.74) is 0.611. The first kappa shape index (κ1) is 10.2. The predicted molar refractivity (Wildman–Crippen MR) is 58.7 cm³/mol. The number of rotatable bonds is 1. The lowest BCUT2D eigenvalue weighted by Gasteiger charge is -2.18. The Labute approximate surface area is 91.2 Å². The van der Waals surface area contributed by atoms with Gasteiger partial charge in [0, 0.05) is 17.8 Å². The Morgan fingerprint density at radius 3 is 2.73 bits per heavy atom. The molecule has 0 aliphatic rings. The molecule has 0 aliphatic heterocycles. The molecule has 2 aromatic rings.